The predicted octanol–water partition coefficient (Wildman–Crippen LogP) is 3.96. The molecule has 3 aromatic rings. The van der Waals surface area contributed by atoms with Gasteiger partial charge in [-0.15, -0.1) is 0 Å². The number of Topliss-reactive ketones (excluding diaryl/α,β-unsaturated/α-hetero) is 1. The molecule has 3 rings (SSSR count). The van der Waals surface area contributed by atoms with Crippen molar-refractivity contribution in [1.29, 1.82) is 0 Å². The average molecular weight is 339 g/mol. The third kappa shape index (κ3) is 3.44. The first-order chi connectivity index (χ1) is 11.5. The first-order valence-electron chi connectivity index (χ1n) is 7.46. The fourth-order valence-electron chi connectivity index (χ4n) is 2.36. The third-order valence-electron chi connectivity index (χ3n) is 3.71. The summed E-state index contributed by atoms with van der Waals surface area (Å²) in [5.41, 5.74) is 2.17. The second kappa shape index (κ2) is 6.81. The normalized spacial score (nSPS) is 10.6. The summed E-state index contributed by atoms with van der Waals surface area (Å²) in [7, 11) is 0. The zero-order valence-corrected chi connectivity index (χ0v) is 13.8. The lowest BCUT2D eigenvalue weighted by Crippen LogP contribution is -2.16. The van der Waals surface area contributed by atoms with Gasteiger partial charge >= 0.3 is 0 Å². The Morgan fingerprint density at radius 1 is 1.00 bits per heavy atom. The molecule has 0 fully saturated rings. The molecule has 0 amide bonds. The monoisotopic (exact) mass is 338 g/mol. The second-order valence-corrected chi connectivity index (χ2v) is 5.94. The van der Waals surface area contributed by atoms with E-state index in [1.807, 2.05) is 19.1 Å². The van der Waals surface area contributed by atoms with Crippen LogP contribution in [0.4, 0.5) is 0 Å². The zero-order chi connectivity index (χ0) is 17.1. The molecule has 120 valence electrons. The fourth-order valence-corrected chi connectivity index (χ4v) is 2.49. The molecule has 0 unspecified atom stereocenters. The number of imidazole rings is 1. The van der Waals surface area contributed by atoms with E-state index in [2.05, 4.69) is 4.98 Å². The van der Waals surface area contributed by atoms with Gasteiger partial charge < -0.3 is 4.57 Å². The Bertz CT molecular complexity index is 880. The Balaban J connectivity index is 1.82. The van der Waals surface area contributed by atoms with E-state index in [1.165, 1.54) is 6.20 Å². The number of hydrogen-bond acceptors (Lipinski definition) is 3. The standard InChI is InChI=1S/C19H15ClN2O2/c1-13-2-4-15(5-3-13)18(24)19-21-10-11-22(19)12-17(23)14-6-8-16(20)9-7-14/h2-11H,12H2,1H3. The molecule has 0 spiro atoms. The molecule has 0 aliphatic heterocycles. The molecular formula is C19H15ClN2O2. The predicted molar refractivity (Wildman–Crippen MR) is 92.6 cm³/mol. The number of ketones is 2. The van der Waals surface area contributed by atoms with Gasteiger partial charge in [-0.25, -0.2) is 4.98 Å². The van der Waals surface area contributed by atoms with E-state index in [9.17, 15) is 9.59 Å². The summed E-state index contributed by atoms with van der Waals surface area (Å²) in [6.45, 7) is 2.01. The van der Waals surface area contributed by atoms with Gasteiger partial charge in [0.2, 0.25) is 5.78 Å². The first kappa shape index (κ1) is 16.1. The zero-order valence-electron chi connectivity index (χ0n) is 13.1. The van der Waals surface area contributed by atoms with Gasteiger partial charge in [0, 0.05) is 28.5 Å². The summed E-state index contributed by atoms with van der Waals surface area (Å²) < 4.78 is 1.57. The topological polar surface area (TPSA) is 52.0 Å². The molecule has 4 nitrogen and oxygen atoms in total. The summed E-state index contributed by atoms with van der Waals surface area (Å²) in [6, 6.07) is 13.9. The largest absolute Gasteiger partial charge is 0.320 e. The minimum atomic E-state index is -0.205. The number of carbonyl (C=O) groups is 2. The molecule has 24 heavy (non-hydrogen) atoms. The highest BCUT2D eigenvalue weighted by Gasteiger charge is 2.17. The van der Waals surface area contributed by atoms with Gasteiger partial charge in [0.25, 0.3) is 0 Å². The van der Waals surface area contributed by atoms with Gasteiger partial charge in [-0.3, -0.25) is 9.59 Å². The lowest BCUT2D eigenvalue weighted by molar-refractivity contribution is 0.0967. The number of hydrogen-bond donors (Lipinski definition) is 0. The Hall–Kier alpha value is -2.72. The summed E-state index contributed by atoms with van der Waals surface area (Å²) >= 11 is 5.83. The molecule has 1 heterocycles. The minimum Gasteiger partial charge on any atom is -0.320 e. The van der Waals surface area contributed by atoms with Crippen LogP contribution in [-0.2, 0) is 6.54 Å². The molecular weight excluding hydrogens is 324 g/mol. The summed E-state index contributed by atoms with van der Waals surface area (Å²) in [6.07, 6.45) is 3.16. The summed E-state index contributed by atoms with van der Waals surface area (Å²) in [5.74, 6) is -0.0623. The fraction of sp³-hybridized carbons (Fsp3) is 0.105. The van der Waals surface area contributed by atoms with E-state index in [1.54, 1.807) is 47.2 Å². The maximum Gasteiger partial charge on any atom is 0.228 e. The number of rotatable bonds is 5. The minimum absolute atomic E-state index is 0.0502. The van der Waals surface area contributed by atoms with Gasteiger partial charge in [0.1, 0.15) is 0 Å². The van der Waals surface area contributed by atoms with Crippen LogP contribution in [-0.4, -0.2) is 21.1 Å². The number of halogens is 1. The Morgan fingerprint density at radius 3 is 2.29 bits per heavy atom. The van der Waals surface area contributed by atoms with Crippen LogP contribution < -0.4 is 0 Å². The molecule has 0 saturated heterocycles. The van der Waals surface area contributed by atoms with Crippen molar-refractivity contribution in [2.75, 3.05) is 0 Å². The number of nitrogens with zero attached hydrogens (tertiary/aromatic N) is 2. The van der Waals surface area contributed by atoms with Crippen LogP contribution >= 0.6 is 11.6 Å². The Kier molecular flexibility index (Phi) is 4.58. The van der Waals surface area contributed by atoms with Gasteiger partial charge in [0.15, 0.2) is 11.6 Å². The van der Waals surface area contributed by atoms with Crippen molar-refractivity contribution in [3.8, 4) is 0 Å². The molecule has 2 aromatic carbocycles. The number of aryl methyl sites for hydroxylation is 1. The van der Waals surface area contributed by atoms with Crippen molar-refractivity contribution in [3.05, 3.63) is 88.5 Å². The van der Waals surface area contributed by atoms with Crippen LogP contribution in [0, 0.1) is 6.92 Å². The SMILES string of the molecule is Cc1ccc(C(=O)c2nccn2CC(=O)c2ccc(Cl)cc2)cc1. The maximum atomic E-state index is 12.6. The van der Waals surface area contributed by atoms with Crippen molar-refractivity contribution in [2.45, 2.75) is 13.5 Å². The smallest absolute Gasteiger partial charge is 0.228 e. The molecule has 1 aromatic heterocycles. The molecule has 0 N–H and O–H groups in total. The molecule has 0 atom stereocenters. The van der Waals surface area contributed by atoms with E-state index in [0.717, 1.165) is 5.56 Å². The van der Waals surface area contributed by atoms with Gasteiger partial charge in [0.05, 0.1) is 6.54 Å². The highest BCUT2D eigenvalue weighted by molar-refractivity contribution is 6.30. The summed E-state index contributed by atoms with van der Waals surface area (Å²) in [5, 5.41) is 0.574. The lowest BCUT2D eigenvalue weighted by Gasteiger charge is -2.07. The number of carbonyl (C=O) groups excluding carboxylic acids is 2. The Labute approximate surface area is 144 Å². The van der Waals surface area contributed by atoms with Crippen molar-refractivity contribution < 1.29 is 9.59 Å². The number of aromatic nitrogens is 2. The molecule has 0 saturated carbocycles. The second-order valence-electron chi connectivity index (χ2n) is 5.50. The van der Waals surface area contributed by atoms with Crippen LogP contribution in [0.5, 0.6) is 0 Å². The quantitative estimate of drug-likeness (QED) is 0.662. The van der Waals surface area contributed by atoms with E-state index >= 15 is 0 Å². The maximum absolute atomic E-state index is 12.6. The molecule has 0 bridgehead atoms. The van der Waals surface area contributed by atoms with Crippen LogP contribution in [0.1, 0.15) is 32.1 Å². The van der Waals surface area contributed by atoms with Crippen LogP contribution in [0.2, 0.25) is 5.02 Å². The third-order valence-corrected chi connectivity index (χ3v) is 3.96. The molecule has 0 radical (unpaired) electrons. The van der Waals surface area contributed by atoms with E-state index in [0.29, 0.717) is 16.1 Å². The van der Waals surface area contributed by atoms with Crippen molar-refractivity contribution in [3.63, 3.8) is 0 Å². The van der Waals surface area contributed by atoms with Crippen LogP contribution in [0.25, 0.3) is 0 Å². The first-order valence-corrected chi connectivity index (χ1v) is 7.83. The van der Waals surface area contributed by atoms with Crippen molar-refractivity contribution in [2.24, 2.45) is 0 Å². The molecule has 5 heteroatoms. The van der Waals surface area contributed by atoms with E-state index in [-0.39, 0.29) is 23.9 Å². The van der Waals surface area contributed by atoms with Gasteiger partial charge in [-0.05, 0) is 31.2 Å². The van der Waals surface area contributed by atoms with Crippen LogP contribution in [0.15, 0.2) is 60.9 Å². The van der Waals surface area contributed by atoms with Gasteiger partial charge in [-0.1, -0.05) is 41.4 Å². The highest BCUT2D eigenvalue weighted by Crippen LogP contribution is 2.13. The van der Waals surface area contributed by atoms with Crippen molar-refractivity contribution >= 4 is 23.2 Å². The highest BCUT2D eigenvalue weighted by atomic mass is 35.5. The van der Waals surface area contributed by atoms with Crippen molar-refractivity contribution in [1.82, 2.24) is 9.55 Å². The average Bonchev–Trinajstić information content (AvgIpc) is 3.03. The van der Waals surface area contributed by atoms with E-state index < -0.39 is 0 Å². The Morgan fingerprint density at radius 2 is 1.62 bits per heavy atom. The van der Waals surface area contributed by atoms with Crippen LogP contribution in [0.3, 0.4) is 0 Å². The summed E-state index contributed by atoms with van der Waals surface area (Å²) in [4.78, 5) is 29.1. The number of benzene rings is 2. The van der Waals surface area contributed by atoms with E-state index in [4.69, 9.17) is 11.6 Å². The lowest BCUT2D eigenvalue weighted by atomic mass is 10.1. The molecule has 0 aliphatic rings. The van der Waals surface area contributed by atoms with Gasteiger partial charge in [-0.2, -0.15) is 0 Å². The molecule has 0 aliphatic carbocycles.